The highest BCUT2D eigenvalue weighted by Gasteiger charge is 2.90. The minimum Gasteiger partial charge on any atom is -0.468 e. The maximum absolute atomic E-state index is 13.6. The van der Waals surface area contributed by atoms with E-state index in [1.807, 2.05) is 0 Å². The molecule has 0 heterocycles. The second kappa shape index (κ2) is 8.28. The van der Waals surface area contributed by atoms with Crippen LogP contribution >= 0.6 is 0 Å². The van der Waals surface area contributed by atoms with Gasteiger partial charge >= 0.3 is 47.7 Å². The fourth-order valence-electron chi connectivity index (χ4n) is 1.90. The van der Waals surface area contributed by atoms with Crippen LogP contribution in [0, 0.1) is 5.92 Å². The monoisotopic (exact) mass is 478 g/mol. The van der Waals surface area contributed by atoms with Gasteiger partial charge in [-0.05, 0) is 6.42 Å². The quantitative estimate of drug-likeness (QED) is 0.279. The van der Waals surface area contributed by atoms with Crippen LogP contribution in [0.2, 0.25) is 0 Å². The number of carbonyl (C=O) groups is 2. The van der Waals surface area contributed by atoms with Crippen LogP contribution in [0.3, 0.4) is 0 Å². The number of hydrogen-bond acceptors (Lipinski definition) is 4. The zero-order chi connectivity index (χ0) is 24.6. The molecular formula is C13H11F13O4. The third-order valence-electron chi connectivity index (χ3n) is 3.72. The van der Waals surface area contributed by atoms with Crippen molar-refractivity contribution in [3.05, 3.63) is 0 Å². The summed E-state index contributed by atoms with van der Waals surface area (Å²) in [5.41, 5.74) is 0. The van der Waals surface area contributed by atoms with Gasteiger partial charge in [-0.1, -0.05) is 0 Å². The maximum Gasteiger partial charge on any atom is 0.460 e. The summed E-state index contributed by atoms with van der Waals surface area (Å²) in [6.07, 6.45) is -12.0. The van der Waals surface area contributed by atoms with Gasteiger partial charge in [-0.2, -0.15) is 57.1 Å². The van der Waals surface area contributed by atoms with Crippen molar-refractivity contribution in [1.82, 2.24) is 0 Å². The van der Waals surface area contributed by atoms with E-state index in [2.05, 4.69) is 9.47 Å². The Bertz CT molecular complexity index is 625. The van der Waals surface area contributed by atoms with Crippen LogP contribution in [0.5, 0.6) is 0 Å². The summed E-state index contributed by atoms with van der Waals surface area (Å²) in [5.74, 6) is -43.5. The lowest BCUT2D eigenvalue weighted by molar-refractivity contribution is -0.440. The van der Waals surface area contributed by atoms with E-state index in [-0.39, 0.29) is 0 Å². The van der Waals surface area contributed by atoms with Crippen LogP contribution in [0.15, 0.2) is 0 Å². The molecule has 0 aromatic heterocycles. The minimum atomic E-state index is -8.02. The third kappa shape index (κ3) is 4.38. The molecule has 178 valence electrons. The van der Waals surface area contributed by atoms with Gasteiger partial charge in [0.1, 0.15) is 0 Å². The van der Waals surface area contributed by atoms with Gasteiger partial charge in [0.05, 0.1) is 14.2 Å². The Morgan fingerprint density at radius 2 is 0.967 bits per heavy atom. The van der Waals surface area contributed by atoms with Crippen LogP contribution in [0.1, 0.15) is 12.8 Å². The van der Waals surface area contributed by atoms with Crippen LogP contribution in [0.25, 0.3) is 0 Å². The zero-order valence-corrected chi connectivity index (χ0v) is 14.5. The average Bonchev–Trinajstić information content (AvgIpc) is 2.59. The lowest BCUT2D eigenvalue weighted by Crippen LogP contribution is -2.70. The van der Waals surface area contributed by atoms with E-state index in [0.717, 1.165) is 0 Å². The molecule has 0 amide bonds. The van der Waals surface area contributed by atoms with Crippen LogP contribution in [-0.2, 0) is 19.1 Å². The summed E-state index contributed by atoms with van der Waals surface area (Å²) in [4.78, 5) is 22.5. The van der Waals surface area contributed by atoms with E-state index in [1.54, 1.807) is 0 Å². The SMILES string of the molecule is COC(=O)C(CCC(F)(F)C(F)(F)C(F)(F)C(F)(F)C(F)(F)C(F)(F)F)C(=O)OC. The van der Waals surface area contributed by atoms with Gasteiger partial charge < -0.3 is 9.47 Å². The topological polar surface area (TPSA) is 52.6 Å². The van der Waals surface area contributed by atoms with Gasteiger partial charge in [0.25, 0.3) is 0 Å². The summed E-state index contributed by atoms with van der Waals surface area (Å²) in [5, 5.41) is 0. The Morgan fingerprint density at radius 1 is 0.633 bits per heavy atom. The Kier molecular flexibility index (Phi) is 7.74. The van der Waals surface area contributed by atoms with Crippen molar-refractivity contribution >= 4 is 11.9 Å². The molecule has 0 bridgehead atoms. The van der Waals surface area contributed by atoms with E-state index >= 15 is 0 Å². The number of hydrogen-bond donors (Lipinski definition) is 0. The van der Waals surface area contributed by atoms with Crippen molar-refractivity contribution in [3.8, 4) is 0 Å². The summed E-state index contributed by atoms with van der Waals surface area (Å²) in [7, 11) is 1.14. The lowest BCUT2D eigenvalue weighted by Gasteiger charge is -2.39. The highest BCUT2D eigenvalue weighted by Crippen LogP contribution is 2.60. The summed E-state index contributed by atoms with van der Waals surface area (Å²) < 4.78 is 176. The van der Waals surface area contributed by atoms with E-state index in [0.29, 0.717) is 14.2 Å². The molecule has 0 aliphatic heterocycles. The molecule has 0 radical (unpaired) electrons. The fraction of sp³-hybridized carbons (Fsp3) is 0.846. The minimum absolute atomic E-state index is 0.568. The molecule has 30 heavy (non-hydrogen) atoms. The second-order valence-electron chi connectivity index (χ2n) is 5.64. The van der Waals surface area contributed by atoms with Crippen molar-refractivity contribution in [3.63, 3.8) is 0 Å². The van der Waals surface area contributed by atoms with E-state index in [1.165, 1.54) is 0 Å². The van der Waals surface area contributed by atoms with Crippen molar-refractivity contribution in [1.29, 1.82) is 0 Å². The number of halogens is 13. The molecule has 0 aliphatic rings. The van der Waals surface area contributed by atoms with Crippen LogP contribution < -0.4 is 0 Å². The summed E-state index contributed by atoms with van der Waals surface area (Å²) in [6, 6.07) is 0. The molecular weight excluding hydrogens is 467 g/mol. The summed E-state index contributed by atoms with van der Waals surface area (Å²) in [6.45, 7) is 0. The van der Waals surface area contributed by atoms with Crippen molar-refractivity contribution in [2.45, 2.75) is 48.6 Å². The van der Waals surface area contributed by atoms with Crippen molar-refractivity contribution in [2.75, 3.05) is 14.2 Å². The number of esters is 2. The second-order valence-corrected chi connectivity index (χ2v) is 5.64. The molecule has 0 saturated heterocycles. The predicted octanol–water partition coefficient (Wildman–Crippen LogP) is 4.47. The molecule has 0 rings (SSSR count). The number of ether oxygens (including phenoxy) is 2. The third-order valence-corrected chi connectivity index (χ3v) is 3.72. The number of alkyl halides is 13. The highest BCUT2D eigenvalue weighted by atomic mass is 19.4. The molecule has 4 nitrogen and oxygen atoms in total. The molecule has 0 aromatic rings. The molecule has 0 saturated carbocycles. The van der Waals surface area contributed by atoms with E-state index < -0.39 is 66.5 Å². The van der Waals surface area contributed by atoms with Gasteiger partial charge in [0.2, 0.25) is 0 Å². The van der Waals surface area contributed by atoms with Gasteiger partial charge in [0.15, 0.2) is 5.92 Å². The van der Waals surface area contributed by atoms with E-state index in [9.17, 15) is 66.7 Å². The molecule has 0 aliphatic carbocycles. The molecule has 0 aromatic carbocycles. The summed E-state index contributed by atoms with van der Waals surface area (Å²) >= 11 is 0. The molecule has 0 spiro atoms. The predicted molar refractivity (Wildman–Crippen MR) is 67.5 cm³/mol. The maximum atomic E-state index is 13.6. The number of carbonyl (C=O) groups excluding carboxylic acids is 2. The Labute approximate surface area is 158 Å². The number of methoxy groups -OCH3 is 2. The van der Waals surface area contributed by atoms with Gasteiger partial charge in [-0.25, -0.2) is 0 Å². The Balaban J connectivity index is 6.07. The van der Waals surface area contributed by atoms with Crippen molar-refractivity contribution < 1.29 is 76.1 Å². The Hall–Kier alpha value is -1.97. The zero-order valence-electron chi connectivity index (χ0n) is 14.5. The fourth-order valence-corrected chi connectivity index (χ4v) is 1.90. The van der Waals surface area contributed by atoms with Crippen LogP contribution in [-0.4, -0.2) is 61.9 Å². The highest BCUT2D eigenvalue weighted by molar-refractivity contribution is 5.94. The normalized spacial score (nSPS) is 14.7. The molecule has 0 fully saturated rings. The molecule has 0 unspecified atom stereocenters. The first-order chi connectivity index (χ1) is 13.1. The lowest BCUT2D eigenvalue weighted by atomic mass is 9.90. The van der Waals surface area contributed by atoms with E-state index in [4.69, 9.17) is 0 Å². The average molecular weight is 478 g/mol. The van der Waals surface area contributed by atoms with Gasteiger partial charge in [-0.15, -0.1) is 0 Å². The Morgan fingerprint density at radius 3 is 1.27 bits per heavy atom. The van der Waals surface area contributed by atoms with Gasteiger partial charge in [-0.3, -0.25) is 9.59 Å². The molecule has 0 atom stereocenters. The number of rotatable bonds is 9. The largest absolute Gasteiger partial charge is 0.468 e. The first kappa shape index (κ1) is 28.0. The van der Waals surface area contributed by atoms with Crippen LogP contribution in [0.4, 0.5) is 57.1 Å². The molecule has 0 N–H and O–H groups in total. The molecule has 17 heteroatoms. The van der Waals surface area contributed by atoms with Crippen molar-refractivity contribution in [2.24, 2.45) is 5.92 Å². The first-order valence-corrected chi connectivity index (χ1v) is 7.18. The first-order valence-electron chi connectivity index (χ1n) is 7.18. The standard InChI is InChI=1S/C13H11F13O4/c1-29-6(27)5(7(28)30-2)3-4-8(14,15)9(16,17)10(18,19)11(20,21)12(22,23)13(24,25)26/h5H,3-4H2,1-2H3. The van der Waals surface area contributed by atoms with Gasteiger partial charge in [0, 0.05) is 6.42 Å². The smallest absolute Gasteiger partial charge is 0.460 e.